The second-order valence-electron chi connectivity index (χ2n) is 5.51. The van der Waals surface area contributed by atoms with Crippen LogP contribution >= 0.6 is 0 Å². The fourth-order valence-corrected chi connectivity index (χ4v) is 2.50. The van der Waals surface area contributed by atoms with E-state index < -0.39 is 0 Å². The van der Waals surface area contributed by atoms with E-state index in [0.717, 1.165) is 35.7 Å². The third kappa shape index (κ3) is 3.87. The number of rotatable bonds is 3. The number of nitrogens with zero attached hydrogens (tertiary/aromatic N) is 3. The van der Waals surface area contributed by atoms with E-state index in [1.165, 1.54) is 5.56 Å². The third-order valence-corrected chi connectivity index (χ3v) is 3.75. The molecule has 0 amide bonds. The van der Waals surface area contributed by atoms with Crippen molar-refractivity contribution >= 4 is 0 Å². The molecule has 0 bridgehead atoms. The van der Waals surface area contributed by atoms with Crippen molar-refractivity contribution in [1.29, 1.82) is 0 Å². The van der Waals surface area contributed by atoms with Crippen molar-refractivity contribution in [2.75, 3.05) is 0 Å². The van der Waals surface area contributed by atoms with E-state index >= 15 is 0 Å². The zero-order chi connectivity index (χ0) is 16.1. The summed E-state index contributed by atoms with van der Waals surface area (Å²) >= 11 is 0. The van der Waals surface area contributed by atoms with Gasteiger partial charge >= 0.3 is 0 Å². The Hall–Kier alpha value is -2.86. The Morgan fingerprint density at radius 3 is 2.61 bits per heavy atom. The molecule has 0 aliphatic carbocycles. The van der Waals surface area contributed by atoms with Gasteiger partial charge in [0.2, 0.25) is 0 Å². The van der Waals surface area contributed by atoms with Crippen LogP contribution in [0, 0.1) is 25.7 Å². The molecule has 0 radical (unpaired) electrons. The highest BCUT2D eigenvalue weighted by atomic mass is 15.1. The molecular formula is C20H19N3. The number of hydrogen-bond acceptors (Lipinski definition) is 2. The molecule has 0 spiro atoms. The largest absolute Gasteiger partial charge is 0.321 e. The number of pyridine rings is 1. The van der Waals surface area contributed by atoms with Crippen molar-refractivity contribution < 1.29 is 0 Å². The minimum absolute atomic E-state index is 0.884. The minimum Gasteiger partial charge on any atom is -0.321 e. The number of imidazole rings is 1. The first-order chi connectivity index (χ1) is 11.2. The van der Waals surface area contributed by atoms with E-state index in [4.69, 9.17) is 0 Å². The third-order valence-electron chi connectivity index (χ3n) is 3.75. The van der Waals surface area contributed by atoms with Gasteiger partial charge in [0.05, 0.1) is 6.20 Å². The average molecular weight is 301 g/mol. The van der Waals surface area contributed by atoms with Gasteiger partial charge in [0.25, 0.3) is 0 Å². The van der Waals surface area contributed by atoms with Crippen molar-refractivity contribution in [3.63, 3.8) is 0 Å². The Morgan fingerprint density at radius 2 is 1.83 bits per heavy atom. The molecule has 3 heteroatoms. The Balaban J connectivity index is 1.79. The Kier molecular flexibility index (Phi) is 4.54. The molecule has 3 aromatic rings. The van der Waals surface area contributed by atoms with Crippen molar-refractivity contribution in [3.05, 3.63) is 83.2 Å². The Morgan fingerprint density at radius 1 is 1.00 bits per heavy atom. The second kappa shape index (κ2) is 6.93. The molecule has 3 nitrogen and oxygen atoms in total. The van der Waals surface area contributed by atoms with Crippen LogP contribution in [0.15, 0.2) is 54.9 Å². The maximum absolute atomic E-state index is 4.41. The summed E-state index contributed by atoms with van der Waals surface area (Å²) in [5.41, 5.74) is 4.23. The molecule has 2 aromatic heterocycles. The molecule has 0 fully saturated rings. The smallest absolute Gasteiger partial charge is 0.112 e. The van der Waals surface area contributed by atoms with E-state index in [1.54, 1.807) is 6.20 Å². The summed E-state index contributed by atoms with van der Waals surface area (Å²) in [5, 5.41) is 0. The standard InChI is InChI=1S/C20H19N3/c1-16-14-19(10-12-21-16)8-9-20-15-22-17(2)23(20)13-11-18-6-4-3-5-7-18/h3-7,10,12,14-15H,11,13H2,1-2H3. The summed E-state index contributed by atoms with van der Waals surface area (Å²) in [6.45, 7) is 4.88. The lowest BCUT2D eigenvalue weighted by Crippen LogP contribution is -2.05. The van der Waals surface area contributed by atoms with Gasteiger partial charge in [-0.1, -0.05) is 36.3 Å². The van der Waals surface area contributed by atoms with Crippen LogP contribution in [-0.2, 0) is 13.0 Å². The van der Waals surface area contributed by atoms with E-state index in [0.29, 0.717) is 0 Å². The van der Waals surface area contributed by atoms with Gasteiger partial charge in [0.1, 0.15) is 11.5 Å². The first-order valence-corrected chi connectivity index (χ1v) is 7.73. The Bertz CT molecular complexity index is 851. The topological polar surface area (TPSA) is 30.7 Å². The van der Waals surface area contributed by atoms with Crippen LogP contribution in [0.5, 0.6) is 0 Å². The van der Waals surface area contributed by atoms with Crippen molar-refractivity contribution in [1.82, 2.24) is 14.5 Å². The molecule has 1 aromatic carbocycles. The summed E-state index contributed by atoms with van der Waals surface area (Å²) in [6, 6.07) is 14.4. The molecule has 3 rings (SSSR count). The molecule has 114 valence electrons. The molecule has 0 saturated heterocycles. The lowest BCUT2D eigenvalue weighted by atomic mass is 10.1. The molecule has 23 heavy (non-hydrogen) atoms. The number of hydrogen-bond donors (Lipinski definition) is 0. The summed E-state index contributed by atoms with van der Waals surface area (Å²) in [5.74, 6) is 7.44. The van der Waals surface area contributed by atoms with Gasteiger partial charge in [-0.2, -0.15) is 0 Å². The van der Waals surface area contributed by atoms with Crippen LogP contribution in [0.4, 0.5) is 0 Å². The maximum Gasteiger partial charge on any atom is 0.112 e. The summed E-state index contributed by atoms with van der Waals surface area (Å²) in [6.07, 6.45) is 4.61. The highest BCUT2D eigenvalue weighted by molar-refractivity contribution is 5.40. The minimum atomic E-state index is 0.884. The molecule has 0 N–H and O–H groups in total. The van der Waals surface area contributed by atoms with E-state index in [9.17, 15) is 0 Å². The van der Waals surface area contributed by atoms with Gasteiger partial charge in [-0.05, 0) is 43.9 Å². The number of aryl methyl sites for hydroxylation is 3. The molecule has 0 atom stereocenters. The van der Waals surface area contributed by atoms with Crippen LogP contribution in [-0.4, -0.2) is 14.5 Å². The van der Waals surface area contributed by atoms with E-state index in [1.807, 2.05) is 38.2 Å². The Labute approximate surface area is 137 Å². The highest BCUT2D eigenvalue weighted by Crippen LogP contribution is 2.08. The summed E-state index contributed by atoms with van der Waals surface area (Å²) in [7, 11) is 0. The predicted molar refractivity (Wildman–Crippen MR) is 92.1 cm³/mol. The zero-order valence-electron chi connectivity index (χ0n) is 13.5. The molecule has 2 heterocycles. The monoisotopic (exact) mass is 301 g/mol. The SMILES string of the molecule is Cc1cc(C#Cc2cnc(C)n2CCc2ccccc2)ccn1. The molecule has 0 unspecified atom stereocenters. The van der Waals surface area contributed by atoms with Gasteiger partial charge in [0, 0.05) is 24.0 Å². The predicted octanol–water partition coefficient (Wildman–Crippen LogP) is 3.54. The van der Waals surface area contributed by atoms with Gasteiger partial charge in [-0.3, -0.25) is 4.98 Å². The van der Waals surface area contributed by atoms with Gasteiger partial charge in [-0.25, -0.2) is 4.98 Å². The summed E-state index contributed by atoms with van der Waals surface area (Å²) in [4.78, 5) is 8.60. The zero-order valence-corrected chi connectivity index (χ0v) is 13.5. The van der Waals surface area contributed by atoms with Gasteiger partial charge in [-0.15, -0.1) is 0 Å². The number of benzene rings is 1. The van der Waals surface area contributed by atoms with Crippen molar-refractivity contribution in [2.24, 2.45) is 0 Å². The summed E-state index contributed by atoms with van der Waals surface area (Å²) < 4.78 is 2.17. The molecular weight excluding hydrogens is 282 g/mol. The normalized spacial score (nSPS) is 10.2. The van der Waals surface area contributed by atoms with Crippen molar-refractivity contribution in [2.45, 2.75) is 26.8 Å². The van der Waals surface area contributed by atoms with Crippen LogP contribution < -0.4 is 0 Å². The lowest BCUT2D eigenvalue weighted by Gasteiger charge is -2.07. The molecule has 0 aliphatic rings. The molecule has 0 aliphatic heterocycles. The first-order valence-electron chi connectivity index (χ1n) is 7.73. The maximum atomic E-state index is 4.41. The van der Waals surface area contributed by atoms with Crippen molar-refractivity contribution in [3.8, 4) is 11.8 Å². The quantitative estimate of drug-likeness (QED) is 0.693. The van der Waals surface area contributed by atoms with E-state index in [2.05, 4.69) is 50.6 Å². The number of aromatic nitrogens is 3. The molecule has 0 saturated carbocycles. The highest BCUT2D eigenvalue weighted by Gasteiger charge is 2.04. The van der Waals surface area contributed by atoms with Gasteiger partial charge in [0.15, 0.2) is 0 Å². The van der Waals surface area contributed by atoms with Gasteiger partial charge < -0.3 is 4.57 Å². The first kappa shape index (κ1) is 15.1. The van der Waals surface area contributed by atoms with Crippen LogP contribution in [0.3, 0.4) is 0 Å². The average Bonchev–Trinajstić information content (AvgIpc) is 2.92. The fourth-order valence-electron chi connectivity index (χ4n) is 2.50. The van der Waals surface area contributed by atoms with Crippen LogP contribution in [0.2, 0.25) is 0 Å². The van der Waals surface area contributed by atoms with Crippen LogP contribution in [0.25, 0.3) is 0 Å². The van der Waals surface area contributed by atoms with E-state index in [-0.39, 0.29) is 0 Å². The second-order valence-corrected chi connectivity index (χ2v) is 5.51. The van der Waals surface area contributed by atoms with Crippen LogP contribution in [0.1, 0.15) is 28.3 Å². The lowest BCUT2D eigenvalue weighted by molar-refractivity contribution is 0.667. The fraction of sp³-hybridized carbons (Fsp3) is 0.200.